The zero-order chi connectivity index (χ0) is 11.4. The molecule has 15 heavy (non-hydrogen) atoms. The Morgan fingerprint density at radius 1 is 1.47 bits per heavy atom. The molecule has 0 fully saturated rings. The Bertz CT molecular complexity index is 398. The first kappa shape index (κ1) is 11.2. The minimum absolute atomic E-state index is 0.0654. The van der Waals surface area contributed by atoms with Gasteiger partial charge in [-0.3, -0.25) is 10.1 Å². The standard InChI is InChI=1S/C11H13N2O2/c1-9-5-4-6-10(7-8-12(2)3)11(9)13(14)15/h4-8H,1H2,2-3H3/b8-7+. The quantitative estimate of drug-likeness (QED) is 0.562. The summed E-state index contributed by atoms with van der Waals surface area (Å²) in [6.07, 6.45) is 3.47. The molecule has 0 aliphatic heterocycles. The molecule has 0 atom stereocenters. The highest BCUT2D eigenvalue weighted by molar-refractivity contribution is 5.64. The molecule has 0 aliphatic carbocycles. The Hall–Kier alpha value is -1.84. The normalized spacial score (nSPS) is 10.6. The van der Waals surface area contributed by atoms with E-state index < -0.39 is 4.92 Å². The molecule has 0 N–H and O–H groups in total. The van der Waals surface area contributed by atoms with E-state index in [9.17, 15) is 10.1 Å². The lowest BCUT2D eigenvalue weighted by Gasteiger charge is -2.04. The van der Waals surface area contributed by atoms with Crippen LogP contribution in [0.3, 0.4) is 0 Å². The second kappa shape index (κ2) is 4.59. The highest BCUT2D eigenvalue weighted by atomic mass is 16.6. The van der Waals surface area contributed by atoms with E-state index in [1.54, 1.807) is 30.5 Å². The lowest BCUT2D eigenvalue weighted by Crippen LogP contribution is -2.00. The van der Waals surface area contributed by atoms with E-state index in [-0.39, 0.29) is 5.69 Å². The van der Waals surface area contributed by atoms with Crippen molar-refractivity contribution < 1.29 is 4.92 Å². The maximum atomic E-state index is 10.8. The van der Waals surface area contributed by atoms with Gasteiger partial charge < -0.3 is 4.90 Å². The topological polar surface area (TPSA) is 46.4 Å². The monoisotopic (exact) mass is 205 g/mol. The lowest BCUT2D eigenvalue weighted by atomic mass is 10.1. The molecule has 0 heterocycles. The molecule has 1 radical (unpaired) electrons. The molecule has 0 amide bonds. The number of hydrogen-bond donors (Lipinski definition) is 0. The molecule has 4 heteroatoms. The third-order valence-corrected chi connectivity index (χ3v) is 1.89. The Morgan fingerprint density at radius 2 is 2.13 bits per heavy atom. The van der Waals surface area contributed by atoms with E-state index >= 15 is 0 Å². The smallest absolute Gasteiger partial charge is 0.279 e. The van der Waals surface area contributed by atoms with Crippen LogP contribution in [0.1, 0.15) is 11.1 Å². The summed E-state index contributed by atoms with van der Waals surface area (Å²) >= 11 is 0. The number of para-hydroxylation sites is 1. The number of rotatable bonds is 3. The van der Waals surface area contributed by atoms with Crippen LogP contribution in [0.4, 0.5) is 5.69 Å². The SMILES string of the molecule is [CH2]c1cccc(/C=C/N(C)C)c1[N+](=O)[O-]. The summed E-state index contributed by atoms with van der Waals surface area (Å²) in [5, 5.41) is 10.8. The van der Waals surface area contributed by atoms with Crippen molar-refractivity contribution >= 4 is 11.8 Å². The molecule has 0 unspecified atom stereocenters. The molecule has 0 saturated carbocycles. The van der Waals surface area contributed by atoms with Crippen LogP contribution < -0.4 is 0 Å². The van der Waals surface area contributed by atoms with E-state index in [4.69, 9.17) is 0 Å². The van der Waals surface area contributed by atoms with Crippen molar-refractivity contribution in [2.24, 2.45) is 0 Å². The average Bonchev–Trinajstić information content (AvgIpc) is 2.13. The van der Waals surface area contributed by atoms with Gasteiger partial charge in [0.25, 0.3) is 5.69 Å². The van der Waals surface area contributed by atoms with E-state index in [1.165, 1.54) is 0 Å². The summed E-state index contributed by atoms with van der Waals surface area (Å²) in [6, 6.07) is 5.09. The predicted molar refractivity (Wildman–Crippen MR) is 60.3 cm³/mol. The fourth-order valence-electron chi connectivity index (χ4n) is 1.20. The summed E-state index contributed by atoms with van der Waals surface area (Å²) in [5.74, 6) is 0. The van der Waals surface area contributed by atoms with Gasteiger partial charge in [0.15, 0.2) is 0 Å². The molecular weight excluding hydrogens is 192 g/mol. The van der Waals surface area contributed by atoms with Crippen molar-refractivity contribution in [1.82, 2.24) is 4.90 Å². The summed E-state index contributed by atoms with van der Waals surface area (Å²) in [7, 11) is 3.72. The fourth-order valence-corrected chi connectivity index (χ4v) is 1.20. The minimum atomic E-state index is -0.405. The summed E-state index contributed by atoms with van der Waals surface area (Å²) in [4.78, 5) is 12.2. The van der Waals surface area contributed by atoms with Crippen molar-refractivity contribution in [2.45, 2.75) is 0 Å². The van der Waals surface area contributed by atoms with Gasteiger partial charge >= 0.3 is 0 Å². The molecule has 79 valence electrons. The Kier molecular flexibility index (Phi) is 3.44. The second-order valence-electron chi connectivity index (χ2n) is 3.39. The Morgan fingerprint density at radius 3 is 2.67 bits per heavy atom. The van der Waals surface area contributed by atoms with Crippen LogP contribution in [0.2, 0.25) is 0 Å². The van der Waals surface area contributed by atoms with Crippen LogP contribution in [-0.4, -0.2) is 23.9 Å². The largest absolute Gasteiger partial charge is 0.383 e. The summed E-state index contributed by atoms with van der Waals surface area (Å²) in [6.45, 7) is 3.64. The highest BCUT2D eigenvalue weighted by Crippen LogP contribution is 2.23. The van der Waals surface area contributed by atoms with Crippen LogP contribution in [0.5, 0.6) is 0 Å². The van der Waals surface area contributed by atoms with Gasteiger partial charge in [-0.1, -0.05) is 12.1 Å². The Labute approximate surface area is 89.0 Å². The average molecular weight is 205 g/mol. The van der Waals surface area contributed by atoms with E-state index in [2.05, 4.69) is 6.92 Å². The molecule has 4 nitrogen and oxygen atoms in total. The van der Waals surface area contributed by atoms with Gasteiger partial charge in [-0.25, -0.2) is 0 Å². The number of nitro groups is 1. The minimum Gasteiger partial charge on any atom is -0.383 e. The molecule has 1 rings (SSSR count). The van der Waals surface area contributed by atoms with Crippen LogP contribution in [0.15, 0.2) is 24.4 Å². The molecule has 0 aromatic heterocycles. The predicted octanol–water partition coefficient (Wildman–Crippen LogP) is 2.31. The lowest BCUT2D eigenvalue weighted by molar-refractivity contribution is -0.385. The number of nitrogens with zero attached hydrogens (tertiary/aromatic N) is 2. The van der Waals surface area contributed by atoms with Gasteiger partial charge in [0.2, 0.25) is 0 Å². The van der Waals surface area contributed by atoms with Gasteiger partial charge in [0.1, 0.15) is 0 Å². The van der Waals surface area contributed by atoms with Gasteiger partial charge in [-0.15, -0.1) is 0 Å². The van der Waals surface area contributed by atoms with Gasteiger partial charge in [-0.2, -0.15) is 0 Å². The van der Waals surface area contributed by atoms with Gasteiger partial charge in [-0.05, 0) is 25.3 Å². The molecule has 0 aliphatic rings. The zero-order valence-electron chi connectivity index (χ0n) is 8.80. The second-order valence-corrected chi connectivity index (χ2v) is 3.39. The van der Waals surface area contributed by atoms with Crippen LogP contribution in [-0.2, 0) is 0 Å². The number of nitro benzene ring substituents is 1. The molecule has 1 aromatic rings. The van der Waals surface area contributed by atoms with E-state index in [0.29, 0.717) is 11.1 Å². The zero-order valence-corrected chi connectivity index (χ0v) is 8.80. The maximum absolute atomic E-state index is 10.8. The van der Waals surface area contributed by atoms with Crippen LogP contribution in [0, 0.1) is 17.0 Å². The third-order valence-electron chi connectivity index (χ3n) is 1.89. The van der Waals surface area contributed by atoms with Crippen LogP contribution >= 0.6 is 0 Å². The molecule has 0 saturated heterocycles. The fraction of sp³-hybridized carbons (Fsp3) is 0.182. The number of hydrogen-bond acceptors (Lipinski definition) is 3. The molecule has 0 spiro atoms. The van der Waals surface area contributed by atoms with E-state index in [1.807, 2.05) is 19.0 Å². The van der Waals surface area contributed by atoms with E-state index in [0.717, 1.165) is 0 Å². The molecule has 0 bridgehead atoms. The maximum Gasteiger partial charge on any atom is 0.279 e. The van der Waals surface area contributed by atoms with Crippen molar-refractivity contribution in [1.29, 1.82) is 0 Å². The third kappa shape index (κ3) is 2.80. The van der Waals surface area contributed by atoms with Gasteiger partial charge in [0.05, 0.1) is 10.5 Å². The first-order chi connectivity index (χ1) is 7.02. The number of benzene rings is 1. The van der Waals surface area contributed by atoms with Gasteiger partial charge in [0, 0.05) is 19.7 Å². The van der Waals surface area contributed by atoms with Crippen LogP contribution in [0.25, 0.3) is 6.08 Å². The summed E-state index contributed by atoms with van der Waals surface area (Å²) in [5.41, 5.74) is 1.07. The van der Waals surface area contributed by atoms with Crippen molar-refractivity contribution in [3.8, 4) is 0 Å². The molecule has 1 aromatic carbocycles. The highest BCUT2D eigenvalue weighted by Gasteiger charge is 2.14. The molecular formula is C11H13N2O2. The first-order valence-electron chi connectivity index (χ1n) is 4.46. The van der Waals surface area contributed by atoms with Crippen molar-refractivity contribution in [2.75, 3.05) is 14.1 Å². The first-order valence-corrected chi connectivity index (χ1v) is 4.46. The Balaban J connectivity index is 3.17. The van der Waals surface area contributed by atoms with Crippen molar-refractivity contribution in [3.05, 3.63) is 52.6 Å². The summed E-state index contributed by atoms with van der Waals surface area (Å²) < 4.78 is 0. The van der Waals surface area contributed by atoms with Crippen molar-refractivity contribution in [3.63, 3.8) is 0 Å².